The summed E-state index contributed by atoms with van der Waals surface area (Å²) >= 11 is 0. The summed E-state index contributed by atoms with van der Waals surface area (Å²) in [6, 6.07) is 26.8. The Labute approximate surface area is 128 Å². The van der Waals surface area contributed by atoms with Gasteiger partial charge in [-0.2, -0.15) is 0 Å². The average molecular weight is 282 g/mol. The van der Waals surface area contributed by atoms with E-state index >= 15 is 0 Å². The van der Waals surface area contributed by atoms with Crippen LogP contribution in [0.5, 0.6) is 0 Å². The molecule has 0 aliphatic rings. The third-order valence-corrected chi connectivity index (χ3v) is 4.08. The minimum Gasteiger partial charge on any atom is -0.298 e. The van der Waals surface area contributed by atoms with Gasteiger partial charge in [-0.3, -0.25) is 4.79 Å². The van der Waals surface area contributed by atoms with E-state index in [1.807, 2.05) is 18.2 Å². The van der Waals surface area contributed by atoms with Crippen molar-refractivity contribution in [1.29, 1.82) is 0 Å². The summed E-state index contributed by atoms with van der Waals surface area (Å²) < 4.78 is 0. The monoisotopic (exact) mass is 282 g/mol. The van der Waals surface area contributed by atoms with Gasteiger partial charge in [0.15, 0.2) is 0 Å². The normalized spacial score (nSPS) is 10.9. The molecule has 1 heteroatoms. The molecule has 0 radical (unpaired) electrons. The predicted molar refractivity (Wildman–Crippen MR) is 92.3 cm³/mol. The van der Waals surface area contributed by atoms with Crippen molar-refractivity contribution in [3.8, 4) is 11.1 Å². The standard InChI is InChI=1S/C21H14O/c22-14-15-6-5-9-18(12-15)21-19-10-3-1-7-16(19)13-17-8-2-4-11-20(17)21/h1-14H. The van der Waals surface area contributed by atoms with Gasteiger partial charge in [0.05, 0.1) is 0 Å². The molecular weight excluding hydrogens is 268 g/mol. The van der Waals surface area contributed by atoms with Crippen molar-refractivity contribution in [2.45, 2.75) is 0 Å². The maximum Gasteiger partial charge on any atom is 0.150 e. The third kappa shape index (κ3) is 1.99. The first-order chi connectivity index (χ1) is 10.9. The average Bonchev–Trinajstić information content (AvgIpc) is 2.59. The minimum absolute atomic E-state index is 0.703. The lowest BCUT2D eigenvalue weighted by atomic mass is 9.91. The smallest absolute Gasteiger partial charge is 0.150 e. The number of fused-ring (bicyclic) bond motifs is 2. The fraction of sp³-hybridized carbons (Fsp3) is 0. The van der Waals surface area contributed by atoms with Gasteiger partial charge < -0.3 is 0 Å². The van der Waals surface area contributed by atoms with Crippen molar-refractivity contribution in [3.05, 3.63) is 84.4 Å². The molecule has 1 nitrogen and oxygen atoms in total. The number of hydrogen-bond donors (Lipinski definition) is 0. The molecule has 0 aliphatic heterocycles. The lowest BCUT2D eigenvalue weighted by Gasteiger charge is -2.12. The molecule has 4 aromatic rings. The molecule has 0 saturated heterocycles. The van der Waals surface area contributed by atoms with E-state index in [2.05, 4.69) is 60.7 Å². The molecule has 22 heavy (non-hydrogen) atoms. The van der Waals surface area contributed by atoms with Gasteiger partial charge in [-0.05, 0) is 44.8 Å². The molecule has 4 aromatic carbocycles. The van der Waals surface area contributed by atoms with Crippen LogP contribution in [0.4, 0.5) is 0 Å². The van der Waals surface area contributed by atoms with E-state index in [4.69, 9.17) is 0 Å². The Balaban J connectivity index is 2.18. The number of carbonyl (C=O) groups is 1. The molecule has 0 spiro atoms. The zero-order valence-corrected chi connectivity index (χ0v) is 12.0. The van der Waals surface area contributed by atoms with Crippen LogP contribution in [-0.2, 0) is 0 Å². The van der Waals surface area contributed by atoms with E-state index in [-0.39, 0.29) is 0 Å². The van der Waals surface area contributed by atoms with Crippen molar-refractivity contribution in [1.82, 2.24) is 0 Å². The number of rotatable bonds is 2. The molecule has 0 bridgehead atoms. The Morgan fingerprint density at radius 3 is 1.91 bits per heavy atom. The van der Waals surface area contributed by atoms with Gasteiger partial charge in [0.2, 0.25) is 0 Å². The predicted octanol–water partition coefficient (Wildman–Crippen LogP) is 5.47. The second-order valence-electron chi connectivity index (χ2n) is 5.44. The molecular formula is C21H14O. The summed E-state index contributed by atoms with van der Waals surface area (Å²) in [7, 11) is 0. The molecule has 0 aromatic heterocycles. The number of carbonyl (C=O) groups excluding carboxylic acids is 1. The SMILES string of the molecule is O=Cc1cccc(-c2c3ccccc3cc3ccccc23)c1. The first-order valence-electron chi connectivity index (χ1n) is 7.33. The van der Waals surface area contributed by atoms with Crippen molar-refractivity contribution in [3.63, 3.8) is 0 Å². The first kappa shape index (κ1) is 12.8. The van der Waals surface area contributed by atoms with E-state index in [9.17, 15) is 4.79 Å². The highest BCUT2D eigenvalue weighted by Crippen LogP contribution is 2.36. The number of hydrogen-bond acceptors (Lipinski definition) is 1. The second kappa shape index (κ2) is 5.12. The van der Waals surface area contributed by atoms with Crippen LogP contribution in [0.2, 0.25) is 0 Å². The van der Waals surface area contributed by atoms with Crippen LogP contribution in [0.3, 0.4) is 0 Å². The van der Waals surface area contributed by atoms with Crippen LogP contribution in [0.15, 0.2) is 78.9 Å². The van der Waals surface area contributed by atoms with E-state index in [0.29, 0.717) is 5.56 Å². The molecule has 104 valence electrons. The number of aldehydes is 1. The van der Waals surface area contributed by atoms with Crippen molar-refractivity contribution in [2.24, 2.45) is 0 Å². The third-order valence-electron chi connectivity index (χ3n) is 4.08. The quantitative estimate of drug-likeness (QED) is 0.352. The Kier molecular flexibility index (Phi) is 2.97. The molecule has 0 fully saturated rings. The van der Waals surface area contributed by atoms with Crippen molar-refractivity contribution >= 4 is 27.8 Å². The summed E-state index contributed by atoms with van der Waals surface area (Å²) in [4.78, 5) is 11.1. The van der Waals surface area contributed by atoms with Crippen LogP contribution < -0.4 is 0 Å². The van der Waals surface area contributed by atoms with Gasteiger partial charge in [-0.1, -0.05) is 66.7 Å². The fourth-order valence-electron chi connectivity index (χ4n) is 3.09. The van der Waals surface area contributed by atoms with Crippen LogP contribution in [0, 0.1) is 0 Å². The van der Waals surface area contributed by atoms with E-state index in [1.165, 1.54) is 27.1 Å². The van der Waals surface area contributed by atoms with Crippen molar-refractivity contribution < 1.29 is 4.79 Å². The van der Waals surface area contributed by atoms with Gasteiger partial charge in [0.25, 0.3) is 0 Å². The highest BCUT2D eigenvalue weighted by molar-refractivity contribution is 6.12. The summed E-state index contributed by atoms with van der Waals surface area (Å²) in [6.45, 7) is 0. The molecule has 0 atom stereocenters. The molecule has 0 heterocycles. The molecule has 0 unspecified atom stereocenters. The van der Waals surface area contributed by atoms with Gasteiger partial charge >= 0.3 is 0 Å². The van der Waals surface area contributed by atoms with Crippen LogP contribution in [-0.4, -0.2) is 6.29 Å². The zero-order chi connectivity index (χ0) is 14.9. The molecule has 0 N–H and O–H groups in total. The summed E-state index contributed by atoms with van der Waals surface area (Å²) in [5.74, 6) is 0. The lowest BCUT2D eigenvalue weighted by molar-refractivity contribution is 0.112. The van der Waals surface area contributed by atoms with Gasteiger partial charge in [-0.25, -0.2) is 0 Å². The van der Waals surface area contributed by atoms with Gasteiger partial charge in [0.1, 0.15) is 6.29 Å². The maximum absolute atomic E-state index is 11.1. The van der Waals surface area contributed by atoms with Crippen molar-refractivity contribution in [2.75, 3.05) is 0 Å². The second-order valence-corrected chi connectivity index (χ2v) is 5.44. The van der Waals surface area contributed by atoms with Gasteiger partial charge in [0, 0.05) is 5.56 Å². The van der Waals surface area contributed by atoms with Crippen LogP contribution in [0.25, 0.3) is 32.7 Å². The summed E-state index contributed by atoms with van der Waals surface area (Å²) in [5, 5.41) is 4.86. The van der Waals surface area contributed by atoms with Gasteiger partial charge in [-0.15, -0.1) is 0 Å². The highest BCUT2D eigenvalue weighted by atomic mass is 16.1. The van der Waals surface area contributed by atoms with Crippen LogP contribution in [0.1, 0.15) is 10.4 Å². The van der Waals surface area contributed by atoms with Crippen LogP contribution >= 0.6 is 0 Å². The Morgan fingerprint density at radius 2 is 1.27 bits per heavy atom. The summed E-state index contributed by atoms with van der Waals surface area (Å²) in [5.41, 5.74) is 2.98. The maximum atomic E-state index is 11.1. The first-order valence-corrected chi connectivity index (χ1v) is 7.33. The molecule has 0 aliphatic carbocycles. The molecule has 0 saturated carbocycles. The minimum atomic E-state index is 0.703. The largest absolute Gasteiger partial charge is 0.298 e. The molecule has 4 rings (SSSR count). The topological polar surface area (TPSA) is 17.1 Å². The molecule has 0 amide bonds. The zero-order valence-electron chi connectivity index (χ0n) is 12.0. The van der Waals surface area contributed by atoms with E-state index < -0.39 is 0 Å². The van der Waals surface area contributed by atoms with E-state index in [1.54, 1.807) is 0 Å². The number of benzene rings is 4. The Morgan fingerprint density at radius 1 is 0.636 bits per heavy atom. The lowest BCUT2D eigenvalue weighted by Crippen LogP contribution is -1.87. The Hall–Kier alpha value is -2.93. The summed E-state index contributed by atoms with van der Waals surface area (Å²) in [6.07, 6.45) is 0.900. The van der Waals surface area contributed by atoms with E-state index in [0.717, 1.165) is 11.8 Å². The highest BCUT2D eigenvalue weighted by Gasteiger charge is 2.09. The Bertz CT molecular complexity index is 945. The fourth-order valence-corrected chi connectivity index (χ4v) is 3.09.